The molecule has 0 aromatic carbocycles. The van der Waals surface area contributed by atoms with Gasteiger partial charge >= 0.3 is 0 Å². The van der Waals surface area contributed by atoms with Gasteiger partial charge in [-0.05, 0) is 25.5 Å². The fourth-order valence-corrected chi connectivity index (χ4v) is 2.63. The van der Waals surface area contributed by atoms with Crippen molar-refractivity contribution in [1.29, 1.82) is 0 Å². The smallest absolute Gasteiger partial charge is 0.191 e. The molecular weight excluding hydrogens is 300 g/mol. The molecule has 0 fully saturated rings. The van der Waals surface area contributed by atoms with Crippen molar-refractivity contribution in [1.82, 2.24) is 15.6 Å². The Labute approximate surface area is 134 Å². The van der Waals surface area contributed by atoms with E-state index in [1.165, 1.54) is 4.88 Å². The van der Waals surface area contributed by atoms with E-state index in [2.05, 4.69) is 27.5 Å². The number of aliphatic hydroxyl groups excluding tert-OH is 1. The number of guanidine groups is 1. The predicted molar refractivity (Wildman–Crippen MR) is 88.0 cm³/mol. The Morgan fingerprint density at radius 1 is 1.45 bits per heavy atom. The highest BCUT2D eigenvalue weighted by Crippen LogP contribution is 2.14. The lowest BCUT2D eigenvalue weighted by atomic mass is 10.3. The van der Waals surface area contributed by atoms with Gasteiger partial charge in [-0.1, -0.05) is 6.92 Å². The minimum absolute atomic E-state index is 0.331. The number of aliphatic imine (C=N–C) groups is 1. The Bertz CT molecular complexity index is 580. The van der Waals surface area contributed by atoms with Gasteiger partial charge in [0.05, 0.1) is 19.4 Å². The first-order chi connectivity index (χ1) is 10.7. The molecule has 2 aromatic heterocycles. The summed E-state index contributed by atoms with van der Waals surface area (Å²) >= 11 is 1.68. The summed E-state index contributed by atoms with van der Waals surface area (Å²) in [5.74, 6) is 1.19. The van der Waals surface area contributed by atoms with Gasteiger partial charge in [0, 0.05) is 17.6 Å². The minimum atomic E-state index is -0.703. The number of aliphatic hydroxyl groups is 1. The molecular formula is C15H22N4O2S. The van der Waals surface area contributed by atoms with Crippen molar-refractivity contribution < 1.29 is 9.52 Å². The summed E-state index contributed by atoms with van der Waals surface area (Å²) < 4.78 is 5.17. The van der Waals surface area contributed by atoms with E-state index in [-0.39, 0.29) is 0 Å². The van der Waals surface area contributed by atoms with Crippen molar-refractivity contribution in [3.05, 3.63) is 40.2 Å². The van der Waals surface area contributed by atoms with Gasteiger partial charge in [-0.3, -0.25) is 0 Å². The van der Waals surface area contributed by atoms with Crippen LogP contribution in [0.15, 0.2) is 34.0 Å². The zero-order chi connectivity index (χ0) is 15.8. The summed E-state index contributed by atoms with van der Waals surface area (Å²) in [5.41, 5.74) is 0. The molecule has 22 heavy (non-hydrogen) atoms. The zero-order valence-corrected chi connectivity index (χ0v) is 13.7. The SMILES string of the molecule is CCNC(=NCc1ncc(CC)s1)NCC(O)c1ccco1. The van der Waals surface area contributed by atoms with Gasteiger partial charge in [0.2, 0.25) is 0 Å². The van der Waals surface area contributed by atoms with Crippen LogP contribution < -0.4 is 10.6 Å². The van der Waals surface area contributed by atoms with E-state index < -0.39 is 6.10 Å². The van der Waals surface area contributed by atoms with E-state index in [9.17, 15) is 5.11 Å². The van der Waals surface area contributed by atoms with Crippen LogP contribution >= 0.6 is 11.3 Å². The van der Waals surface area contributed by atoms with Crippen molar-refractivity contribution in [2.75, 3.05) is 13.1 Å². The molecule has 0 saturated heterocycles. The number of nitrogens with one attached hydrogen (secondary N) is 2. The van der Waals surface area contributed by atoms with E-state index in [1.54, 1.807) is 29.7 Å². The van der Waals surface area contributed by atoms with Crippen molar-refractivity contribution in [2.45, 2.75) is 32.9 Å². The Morgan fingerprint density at radius 2 is 2.32 bits per heavy atom. The van der Waals surface area contributed by atoms with Crippen LogP contribution in [0.4, 0.5) is 0 Å². The molecule has 7 heteroatoms. The third-order valence-electron chi connectivity index (χ3n) is 3.00. The normalized spacial score (nSPS) is 13.1. The Kier molecular flexibility index (Phi) is 6.42. The first-order valence-electron chi connectivity index (χ1n) is 7.40. The van der Waals surface area contributed by atoms with Gasteiger partial charge in [-0.15, -0.1) is 11.3 Å². The number of nitrogens with zero attached hydrogens (tertiary/aromatic N) is 2. The highest BCUT2D eigenvalue weighted by atomic mass is 32.1. The summed E-state index contributed by atoms with van der Waals surface area (Å²) in [4.78, 5) is 10.1. The third-order valence-corrected chi connectivity index (χ3v) is 4.13. The largest absolute Gasteiger partial charge is 0.467 e. The topological polar surface area (TPSA) is 82.7 Å². The zero-order valence-electron chi connectivity index (χ0n) is 12.9. The third kappa shape index (κ3) is 4.85. The number of rotatable bonds is 7. The maximum absolute atomic E-state index is 10.00. The second-order valence-electron chi connectivity index (χ2n) is 4.68. The van der Waals surface area contributed by atoms with Crippen LogP contribution in [-0.2, 0) is 13.0 Å². The summed E-state index contributed by atoms with van der Waals surface area (Å²) in [6, 6.07) is 3.50. The van der Waals surface area contributed by atoms with Crippen LogP contribution in [0.5, 0.6) is 0 Å². The molecule has 1 unspecified atom stereocenters. The van der Waals surface area contributed by atoms with Crippen molar-refractivity contribution >= 4 is 17.3 Å². The molecule has 6 nitrogen and oxygen atoms in total. The summed E-state index contributed by atoms with van der Waals surface area (Å²) in [5, 5.41) is 17.2. The van der Waals surface area contributed by atoms with E-state index in [1.807, 2.05) is 13.1 Å². The maximum atomic E-state index is 10.00. The molecule has 2 rings (SSSR count). The van der Waals surface area contributed by atoms with Crippen LogP contribution in [0.2, 0.25) is 0 Å². The molecule has 0 amide bonds. The van der Waals surface area contributed by atoms with Gasteiger partial charge in [0.1, 0.15) is 16.9 Å². The standard InChI is InChI=1S/C15H22N4O2S/c1-3-11-8-17-14(22-11)10-19-15(16-4-2)18-9-12(20)13-6-5-7-21-13/h5-8,12,20H,3-4,9-10H2,1-2H3,(H2,16,18,19). The van der Waals surface area contributed by atoms with Crippen molar-refractivity contribution in [3.63, 3.8) is 0 Å². The Hall–Kier alpha value is -1.86. The van der Waals surface area contributed by atoms with Gasteiger partial charge in [0.15, 0.2) is 5.96 Å². The second-order valence-corrected chi connectivity index (χ2v) is 5.88. The molecule has 3 N–H and O–H groups in total. The van der Waals surface area contributed by atoms with E-state index in [4.69, 9.17) is 4.42 Å². The van der Waals surface area contributed by atoms with Crippen LogP contribution in [0, 0.1) is 0 Å². The Morgan fingerprint density at radius 3 is 2.95 bits per heavy atom. The summed E-state index contributed by atoms with van der Waals surface area (Å²) in [6.45, 7) is 5.72. The molecule has 0 aliphatic heterocycles. The first kappa shape index (κ1) is 16.5. The molecule has 2 heterocycles. The average Bonchev–Trinajstić information content (AvgIpc) is 3.20. The lowest BCUT2D eigenvalue weighted by Gasteiger charge is -2.13. The first-order valence-corrected chi connectivity index (χ1v) is 8.21. The molecule has 0 aliphatic rings. The monoisotopic (exact) mass is 322 g/mol. The molecule has 1 atom stereocenters. The van der Waals surface area contributed by atoms with Gasteiger partial charge in [0.25, 0.3) is 0 Å². The van der Waals surface area contributed by atoms with E-state index in [0.29, 0.717) is 24.8 Å². The maximum Gasteiger partial charge on any atom is 0.191 e. The summed E-state index contributed by atoms with van der Waals surface area (Å²) in [6.07, 6.45) is 3.74. The van der Waals surface area contributed by atoms with Crippen LogP contribution in [-0.4, -0.2) is 29.1 Å². The number of thiazole rings is 1. The number of furan rings is 1. The quantitative estimate of drug-likeness (QED) is 0.537. The molecule has 2 aromatic rings. The van der Waals surface area contributed by atoms with Crippen LogP contribution in [0.1, 0.15) is 35.6 Å². The number of hydrogen-bond acceptors (Lipinski definition) is 5. The lowest BCUT2D eigenvalue weighted by molar-refractivity contribution is 0.153. The van der Waals surface area contributed by atoms with Crippen LogP contribution in [0.3, 0.4) is 0 Å². The molecule has 0 saturated carbocycles. The minimum Gasteiger partial charge on any atom is -0.467 e. The summed E-state index contributed by atoms with van der Waals surface area (Å²) in [7, 11) is 0. The molecule has 0 aliphatic carbocycles. The molecule has 0 radical (unpaired) electrons. The number of aryl methyl sites for hydroxylation is 1. The van der Waals surface area contributed by atoms with Gasteiger partial charge < -0.3 is 20.2 Å². The predicted octanol–water partition coefficient (Wildman–Crippen LogP) is 2.09. The Balaban J connectivity index is 1.89. The second kappa shape index (κ2) is 8.55. The van der Waals surface area contributed by atoms with Gasteiger partial charge in [-0.2, -0.15) is 0 Å². The van der Waals surface area contributed by atoms with Crippen molar-refractivity contribution in [2.24, 2.45) is 4.99 Å². The fraction of sp³-hybridized carbons (Fsp3) is 0.467. The van der Waals surface area contributed by atoms with Gasteiger partial charge in [-0.25, -0.2) is 9.98 Å². The number of hydrogen-bond donors (Lipinski definition) is 3. The average molecular weight is 322 g/mol. The van der Waals surface area contributed by atoms with Crippen LogP contribution in [0.25, 0.3) is 0 Å². The lowest BCUT2D eigenvalue weighted by Crippen LogP contribution is -2.39. The molecule has 120 valence electrons. The number of aromatic nitrogens is 1. The fourth-order valence-electron chi connectivity index (χ4n) is 1.85. The van der Waals surface area contributed by atoms with E-state index >= 15 is 0 Å². The van der Waals surface area contributed by atoms with E-state index in [0.717, 1.165) is 18.0 Å². The molecule has 0 bridgehead atoms. The highest BCUT2D eigenvalue weighted by Gasteiger charge is 2.11. The molecule has 0 spiro atoms. The highest BCUT2D eigenvalue weighted by molar-refractivity contribution is 7.11. The van der Waals surface area contributed by atoms with Crippen molar-refractivity contribution in [3.8, 4) is 0 Å².